The topological polar surface area (TPSA) is 62.4 Å². The molecule has 1 aliphatic heterocycles. The van der Waals surface area contributed by atoms with E-state index in [2.05, 4.69) is 33.1 Å². The van der Waals surface area contributed by atoms with E-state index < -0.39 is 0 Å². The number of benzene rings is 3. The average molecular weight is 528 g/mol. The molecule has 0 amide bonds. The van der Waals surface area contributed by atoms with E-state index in [-0.39, 0.29) is 11.2 Å². The van der Waals surface area contributed by atoms with Gasteiger partial charge in [0, 0.05) is 36.8 Å². The van der Waals surface area contributed by atoms with Gasteiger partial charge in [-0.05, 0) is 74.1 Å². The summed E-state index contributed by atoms with van der Waals surface area (Å²) in [5.74, 6) is 1.61. The van der Waals surface area contributed by atoms with Gasteiger partial charge in [0.1, 0.15) is 11.6 Å². The Labute approximate surface area is 227 Å². The van der Waals surface area contributed by atoms with Gasteiger partial charge in [-0.25, -0.2) is 0 Å². The second-order valence-electron chi connectivity index (χ2n) is 9.17. The van der Waals surface area contributed by atoms with Gasteiger partial charge in [-0.15, -0.1) is 5.11 Å². The van der Waals surface area contributed by atoms with Crippen molar-refractivity contribution in [1.29, 1.82) is 0 Å². The number of likely N-dealkylation sites (N-methyl/N-ethyl adjacent to an activating group) is 1. The van der Waals surface area contributed by atoms with Gasteiger partial charge in [-0.2, -0.15) is 5.11 Å². The van der Waals surface area contributed by atoms with Crippen molar-refractivity contribution < 1.29 is 4.74 Å². The fourth-order valence-corrected chi connectivity index (χ4v) is 4.64. The number of nitrogens with zero attached hydrogens (tertiary/aromatic N) is 5. The van der Waals surface area contributed by atoms with Gasteiger partial charge in [0.2, 0.25) is 0 Å². The molecule has 1 saturated heterocycles. The van der Waals surface area contributed by atoms with Crippen LogP contribution in [0.4, 0.5) is 17.2 Å². The zero-order chi connectivity index (χ0) is 26.5. The van der Waals surface area contributed by atoms with Crippen LogP contribution in [0.15, 0.2) is 100.0 Å². The van der Waals surface area contributed by atoms with Crippen LogP contribution in [0, 0.1) is 0 Å². The maximum Gasteiger partial charge on any atom is 0.285 e. The number of hydrogen-bond acceptors (Lipinski definition) is 6. The lowest BCUT2D eigenvalue weighted by Gasteiger charge is -2.35. The largest absolute Gasteiger partial charge is 0.494 e. The van der Waals surface area contributed by atoms with Gasteiger partial charge in [-0.3, -0.25) is 9.36 Å². The highest BCUT2D eigenvalue weighted by Gasteiger charge is 2.23. The minimum Gasteiger partial charge on any atom is -0.494 e. The minimum atomic E-state index is -0.228. The third-order valence-electron chi connectivity index (χ3n) is 6.57. The monoisotopic (exact) mass is 527 g/mol. The van der Waals surface area contributed by atoms with Crippen LogP contribution in [0.5, 0.6) is 5.75 Å². The molecule has 0 bridgehead atoms. The molecule has 194 valence electrons. The molecule has 0 saturated carbocycles. The van der Waals surface area contributed by atoms with E-state index in [0.717, 1.165) is 54.6 Å². The van der Waals surface area contributed by atoms with E-state index in [4.69, 9.17) is 16.3 Å². The fraction of sp³-hybridized carbons (Fsp3) is 0.233. The molecule has 3 aromatic carbocycles. The van der Waals surface area contributed by atoms with Crippen LogP contribution >= 0.6 is 11.6 Å². The summed E-state index contributed by atoms with van der Waals surface area (Å²) in [4.78, 5) is 18.8. The van der Waals surface area contributed by atoms with Crippen molar-refractivity contribution in [2.75, 3.05) is 44.7 Å². The third kappa shape index (κ3) is 5.64. The number of halogens is 1. The van der Waals surface area contributed by atoms with Crippen LogP contribution in [0.2, 0.25) is 5.02 Å². The average Bonchev–Trinajstić information content (AvgIpc) is 2.94. The molecule has 0 aliphatic carbocycles. The maximum absolute atomic E-state index is 14.3. The van der Waals surface area contributed by atoms with Crippen molar-refractivity contribution >= 4 is 28.8 Å². The van der Waals surface area contributed by atoms with Crippen molar-refractivity contribution in [1.82, 2.24) is 9.47 Å². The summed E-state index contributed by atoms with van der Waals surface area (Å²) >= 11 is 6.04. The van der Waals surface area contributed by atoms with Crippen LogP contribution in [0.3, 0.4) is 0 Å². The number of piperazine rings is 1. The second kappa shape index (κ2) is 11.6. The van der Waals surface area contributed by atoms with Gasteiger partial charge in [0.05, 0.1) is 18.0 Å². The van der Waals surface area contributed by atoms with Crippen molar-refractivity contribution in [2.24, 2.45) is 10.2 Å². The number of ether oxygens (including phenoxy) is 1. The number of hydrogen-bond donors (Lipinski definition) is 0. The Hall–Kier alpha value is -3.94. The summed E-state index contributed by atoms with van der Waals surface area (Å²) < 4.78 is 7.39. The number of aromatic nitrogens is 1. The van der Waals surface area contributed by atoms with Crippen LogP contribution in [-0.4, -0.2) is 49.3 Å². The van der Waals surface area contributed by atoms with Crippen LogP contribution in [0.25, 0.3) is 16.8 Å². The molecule has 0 unspecified atom stereocenters. The zero-order valence-electron chi connectivity index (χ0n) is 21.5. The standard InChI is InChI=1S/C30H30ClN5O2/c1-3-38-26-15-9-22(10-16-26)27-21-28(35-19-17-34(2)18-20-35)36(25-7-5-4-6-8-25)30(37)29(27)33-32-24-13-11-23(31)12-14-24/h4-16,21H,3,17-20H2,1-2H3. The number of pyridine rings is 1. The summed E-state index contributed by atoms with van der Waals surface area (Å²) in [6, 6.07) is 26.6. The first-order valence-corrected chi connectivity index (χ1v) is 13.1. The Morgan fingerprint density at radius 2 is 1.55 bits per heavy atom. The Balaban J connectivity index is 1.71. The van der Waals surface area contributed by atoms with E-state index in [1.54, 1.807) is 28.8 Å². The van der Waals surface area contributed by atoms with E-state index in [0.29, 0.717) is 17.3 Å². The summed E-state index contributed by atoms with van der Waals surface area (Å²) in [6.45, 7) is 6.00. The Bertz CT molecular complexity index is 1460. The molecule has 38 heavy (non-hydrogen) atoms. The smallest absolute Gasteiger partial charge is 0.285 e. The molecule has 0 spiro atoms. The number of anilines is 1. The fourth-order valence-electron chi connectivity index (χ4n) is 4.51. The molecule has 0 radical (unpaired) electrons. The quantitative estimate of drug-likeness (QED) is 0.250. The normalized spacial score (nSPS) is 14.2. The molecule has 1 aromatic heterocycles. The van der Waals surface area contributed by atoms with Crippen LogP contribution < -0.4 is 15.2 Å². The summed E-state index contributed by atoms with van der Waals surface area (Å²) in [7, 11) is 2.12. The predicted octanol–water partition coefficient (Wildman–Crippen LogP) is 6.72. The highest BCUT2D eigenvalue weighted by atomic mass is 35.5. The molecule has 1 fully saturated rings. The van der Waals surface area contributed by atoms with Gasteiger partial charge < -0.3 is 14.5 Å². The first-order valence-electron chi connectivity index (χ1n) is 12.7. The third-order valence-corrected chi connectivity index (χ3v) is 6.83. The molecule has 2 heterocycles. The summed E-state index contributed by atoms with van der Waals surface area (Å²) in [6.07, 6.45) is 0. The van der Waals surface area contributed by atoms with Gasteiger partial charge in [0.25, 0.3) is 5.56 Å². The first kappa shape index (κ1) is 25.7. The highest BCUT2D eigenvalue weighted by Crippen LogP contribution is 2.35. The molecule has 0 N–H and O–H groups in total. The van der Waals surface area contributed by atoms with Gasteiger partial charge >= 0.3 is 0 Å². The molecule has 8 heteroatoms. The lowest BCUT2D eigenvalue weighted by Crippen LogP contribution is -2.46. The molecule has 7 nitrogen and oxygen atoms in total. The lowest BCUT2D eigenvalue weighted by atomic mass is 10.0. The van der Waals surface area contributed by atoms with Crippen molar-refractivity contribution in [3.8, 4) is 22.6 Å². The van der Waals surface area contributed by atoms with E-state index in [9.17, 15) is 4.79 Å². The van der Waals surface area contributed by atoms with Crippen molar-refractivity contribution in [2.45, 2.75) is 6.92 Å². The molecule has 0 atom stereocenters. The van der Waals surface area contributed by atoms with Crippen LogP contribution in [0.1, 0.15) is 6.92 Å². The Morgan fingerprint density at radius 1 is 0.868 bits per heavy atom. The number of rotatable bonds is 7. The Morgan fingerprint density at radius 3 is 2.21 bits per heavy atom. The van der Waals surface area contributed by atoms with Gasteiger partial charge in [-0.1, -0.05) is 41.9 Å². The molecule has 1 aliphatic rings. The van der Waals surface area contributed by atoms with Crippen molar-refractivity contribution in [3.05, 3.63) is 100 Å². The van der Waals surface area contributed by atoms with Gasteiger partial charge in [0.15, 0.2) is 5.69 Å². The predicted molar refractivity (Wildman–Crippen MR) is 154 cm³/mol. The SMILES string of the molecule is CCOc1ccc(-c2cc(N3CCN(C)CC3)n(-c3ccccc3)c(=O)c2N=Nc2ccc(Cl)cc2)cc1. The second-order valence-corrected chi connectivity index (χ2v) is 9.60. The number of para-hydroxylation sites is 1. The Kier molecular flexibility index (Phi) is 7.86. The van der Waals surface area contributed by atoms with Crippen molar-refractivity contribution in [3.63, 3.8) is 0 Å². The maximum atomic E-state index is 14.3. The molecular weight excluding hydrogens is 498 g/mol. The van der Waals surface area contributed by atoms with E-state index >= 15 is 0 Å². The van der Waals surface area contributed by atoms with Crippen LogP contribution in [-0.2, 0) is 0 Å². The highest BCUT2D eigenvalue weighted by molar-refractivity contribution is 6.30. The molecule has 4 aromatic rings. The van der Waals surface area contributed by atoms with E-state index in [1.807, 2.05) is 61.5 Å². The molecular formula is C30H30ClN5O2. The minimum absolute atomic E-state index is 0.228. The lowest BCUT2D eigenvalue weighted by molar-refractivity contribution is 0.311. The number of azo groups is 1. The van der Waals surface area contributed by atoms with E-state index in [1.165, 1.54) is 0 Å². The summed E-state index contributed by atoms with van der Waals surface area (Å²) in [5.41, 5.74) is 3.02. The first-order chi connectivity index (χ1) is 18.5. The molecule has 5 rings (SSSR count). The summed E-state index contributed by atoms with van der Waals surface area (Å²) in [5, 5.41) is 9.54. The zero-order valence-corrected chi connectivity index (χ0v) is 22.3.